The molecule has 1 aliphatic rings. The second-order valence-electron chi connectivity index (χ2n) is 6.31. The molecule has 0 aliphatic carbocycles. The Morgan fingerprint density at radius 1 is 1.06 bits per heavy atom. The van der Waals surface area contributed by atoms with Crippen molar-refractivity contribution in [2.24, 2.45) is 5.10 Å². The highest BCUT2D eigenvalue weighted by Crippen LogP contribution is 2.45. The number of hydrazone groups is 1. The molecule has 0 bridgehead atoms. The smallest absolute Gasteiger partial charge is 0.462 e. The van der Waals surface area contributed by atoms with Gasteiger partial charge < -0.3 is 14.2 Å². The number of rotatable bonds is 7. The average Bonchev–Trinajstić information content (AvgIpc) is 3.14. The van der Waals surface area contributed by atoms with Crippen LogP contribution in [0.15, 0.2) is 39.9 Å². The predicted octanol–water partition coefficient (Wildman–Crippen LogP) is 6.08. The molecule has 0 aromatic heterocycles. The van der Waals surface area contributed by atoms with E-state index in [4.69, 9.17) is 14.2 Å². The molecule has 1 heterocycles. The molecule has 0 amide bonds. The van der Waals surface area contributed by atoms with Crippen molar-refractivity contribution in [3.8, 4) is 17.2 Å². The first kappa shape index (κ1) is 24.7. The molecular weight excluding hydrogens is 632 g/mol. The Balaban J connectivity index is 1.67. The second kappa shape index (κ2) is 9.11. The van der Waals surface area contributed by atoms with Crippen LogP contribution in [-0.4, -0.2) is 31.2 Å². The average molecular weight is 643 g/mol. The molecule has 0 radical (unpaired) electrons. The first-order valence-electron chi connectivity index (χ1n) is 8.45. The normalized spacial score (nSPS) is 14.2. The third-order valence-electron chi connectivity index (χ3n) is 4.01. The minimum atomic E-state index is -6.45. The van der Waals surface area contributed by atoms with Gasteiger partial charge in [0.2, 0.25) is 6.79 Å². The van der Waals surface area contributed by atoms with Crippen LogP contribution in [0.3, 0.4) is 0 Å². The molecule has 2 aromatic carbocycles. The molecule has 0 saturated carbocycles. The maximum absolute atomic E-state index is 13.2. The van der Waals surface area contributed by atoms with Crippen LogP contribution in [0.4, 0.5) is 30.7 Å². The van der Waals surface area contributed by atoms with E-state index in [1.807, 2.05) is 22.6 Å². The van der Waals surface area contributed by atoms with Gasteiger partial charge in [-0.05, 0) is 73.9 Å². The van der Waals surface area contributed by atoms with Gasteiger partial charge in [-0.3, -0.25) is 0 Å². The lowest BCUT2D eigenvalue weighted by molar-refractivity contribution is -0.361. The number of nitrogens with one attached hydrogen (secondary N) is 1. The SMILES string of the molecule is FC(F)(F)C(F)(F)C(F)(F)N/N=C/c1cc(Br)c(OCc2ccc3c(c2)OCO3)c(I)c1. The lowest BCUT2D eigenvalue weighted by Crippen LogP contribution is -2.58. The zero-order chi connectivity index (χ0) is 23.7. The van der Waals surface area contributed by atoms with E-state index in [9.17, 15) is 30.7 Å². The van der Waals surface area contributed by atoms with Crippen LogP contribution in [0.5, 0.6) is 17.2 Å². The third kappa shape index (κ3) is 5.15. The molecule has 32 heavy (non-hydrogen) atoms. The van der Waals surface area contributed by atoms with Crippen molar-refractivity contribution in [3.05, 3.63) is 49.5 Å². The van der Waals surface area contributed by atoms with Crippen LogP contribution in [-0.2, 0) is 6.61 Å². The van der Waals surface area contributed by atoms with Crippen LogP contribution in [0, 0.1) is 3.57 Å². The topological polar surface area (TPSA) is 52.1 Å². The summed E-state index contributed by atoms with van der Waals surface area (Å²) in [7, 11) is 0. The molecule has 5 nitrogen and oxygen atoms in total. The van der Waals surface area contributed by atoms with Gasteiger partial charge in [-0.2, -0.15) is 35.8 Å². The molecule has 1 aliphatic heterocycles. The van der Waals surface area contributed by atoms with Crippen LogP contribution < -0.4 is 19.6 Å². The summed E-state index contributed by atoms with van der Waals surface area (Å²) >= 11 is 5.11. The van der Waals surface area contributed by atoms with Crippen molar-refractivity contribution >= 4 is 44.7 Å². The minimum absolute atomic E-state index is 0.126. The van der Waals surface area contributed by atoms with Gasteiger partial charge in [0.15, 0.2) is 11.5 Å². The largest absolute Gasteiger partial charge is 0.487 e. The van der Waals surface area contributed by atoms with Gasteiger partial charge in [0.1, 0.15) is 12.4 Å². The van der Waals surface area contributed by atoms with Gasteiger partial charge in [0.05, 0.1) is 14.3 Å². The Morgan fingerprint density at radius 2 is 1.75 bits per heavy atom. The number of benzene rings is 2. The summed E-state index contributed by atoms with van der Waals surface area (Å²) in [6.45, 7) is 0.278. The summed E-state index contributed by atoms with van der Waals surface area (Å²) in [6.07, 6.45) is -5.77. The van der Waals surface area contributed by atoms with Crippen molar-refractivity contribution in [1.82, 2.24) is 5.43 Å². The van der Waals surface area contributed by atoms with E-state index in [2.05, 4.69) is 21.0 Å². The van der Waals surface area contributed by atoms with Gasteiger partial charge in [-0.25, -0.2) is 5.43 Å². The number of hydrogen-bond acceptors (Lipinski definition) is 5. The minimum Gasteiger partial charge on any atom is -0.487 e. The van der Waals surface area contributed by atoms with Gasteiger partial charge in [0.25, 0.3) is 0 Å². The fraction of sp³-hybridized carbons (Fsp3) is 0.278. The molecule has 2 aromatic rings. The highest BCUT2D eigenvalue weighted by atomic mass is 127. The zero-order valence-corrected chi connectivity index (χ0v) is 19.2. The molecule has 0 spiro atoms. The third-order valence-corrected chi connectivity index (χ3v) is 5.40. The highest BCUT2D eigenvalue weighted by Gasteiger charge is 2.73. The Bertz CT molecular complexity index is 1010. The van der Waals surface area contributed by atoms with Crippen LogP contribution in [0.2, 0.25) is 0 Å². The highest BCUT2D eigenvalue weighted by molar-refractivity contribution is 14.1. The summed E-state index contributed by atoms with van der Waals surface area (Å²) in [5.74, 6) is -4.73. The van der Waals surface area contributed by atoms with Crippen molar-refractivity contribution in [3.63, 3.8) is 0 Å². The zero-order valence-electron chi connectivity index (χ0n) is 15.5. The number of halogens is 9. The molecule has 174 valence electrons. The Kier molecular flexibility index (Phi) is 7.02. The van der Waals surface area contributed by atoms with Gasteiger partial charge in [0, 0.05) is 0 Å². The summed E-state index contributed by atoms with van der Waals surface area (Å²) < 4.78 is 106. The number of fused-ring (bicyclic) bond motifs is 1. The number of nitrogens with zero attached hydrogens (tertiary/aromatic N) is 1. The molecule has 0 atom stereocenters. The number of ether oxygens (including phenoxy) is 3. The van der Waals surface area contributed by atoms with E-state index in [0.29, 0.717) is 36.9 Å². The van der Waals surface area contributed by atoms with Crippen molar-refractivity contribution in [2.45, 2.75) is 24.8 Å². The predicted molar refractivity (Wildman–Crippen MR) is 110 cm³/mol. The van der Waals surface area contributed by atoms with E-state index in [-0.39, 0.29) is 19.0 Å². The van der Waals surface area contributed by atoms with E-state index >= 15 is 0 Å². The Morgan fingerprint density at radius 3 is 2.41 bits per heavy atom. The molecule has 0 fully saturated rings. The summed E-state index contributed by atoms with van der Waals surface area (Å²) in [4.78, 5) is 0. The van der Waals surface area contributed by atoms with Crippen molar-refractivity contribution < 1.29 is 44.9 Å². The van der Waals surface area contributed by atoms with E-state index in [0.717, 1.165) is 5.56 Å². The maximum Gasteiger partial charge on any atom is 0.462 e. The summed E-state index contributed by atoms with van der Waals surface area (Å²) in [5, 5.41) is 2.84. The summed E-state index contributed by atoms with van der Waals surface area (Å²) in [6, 6.07) is 2.38. The lowest BCUT2D eigenvalue weighted by atomic mass is 10.2. The second-order valence-corrected chi connectivity index (χ2v) is 8.32. The molecule has 1 N–H and O–H groups in total. The van der Waals surface area contributed by atoms with Gasteiger partial charge in [-0.1, -0.05) is 6.07 Å². The standard InChI is InChI=1S/C18H11BrF7IN2O3/c19-11-3-10(6-28-29-18(25,26)16(20,21)17(22,23)24)4-12(27)15(11)30-7-9-1-2-13-14(5-9)32-8-31-13/h1-6,29H,7-8H2/b28-6+. The van der Waals surface area contributed by atoms with E-state index < -0.39 is 18.1 Å². The Labute approximate surface area is 198 Å². The number of hydrogen-bond donors (Lipinski definition) is 1. The van der Waals surface area contributed by atoms with Crippen LogP contribution in [0.25, 0.3) is 0 Å². The van der Waals surface area contributed by atoms with Crippen LogP contribution >= 0.6 is 38.5 Å². The molecular formula is C18H11BrF7IN2O3. The van der Waals surface area contributed by atoms with Crippen LogP contribution in [0.1, 0.15) is 11.1 Å². The number of alkyl halides is 7. The van der Waals surface area contributed by atoms with E-state index in [1.54, 1.807) is 18.2 Å². The molecule has 14 heteroatoms. The van der Waals surface area contributed by atoms with E-state index in [1.165, 1.54) is 12.1 Å². The molecule has 0 saturated heterocycles. The van der Waals surface area contributed by atoms with Gasteiger partial charge in [-0.15, -0.1) is 0 Å². The maximum atomic E-state index is 13.2. The molecule has 3 rings (SSSR count). The molecule has 0 unspecified atom stereocenters. The fourth-order valence-corrected chi connectivity index (χ4v) is 4.18. The fourth-order valence-electron chi connectivity index (χ4n) is 2.41. The van der Waals surface area contributed by atoms with Crippen molar-refractivity contribution in [1.29, 1.82) is 0 Å². The lowest BCUT2D eigenvalue weighted by Gasteiger charge is -2.27. The Hall–Kier alpha value is -1.97. The van der Waals surface area contributed by atoms with Gasteiger partial charge >= 0.3 is 18.1 Å². The summed E-state index contributed by atoms with van der Waals surface area (Å²) in [5.41, 5.74) is 1.48. The van der Waals surface area contributed by atoms with Crippen molar-refractivity contribution in [2.75, 3.05) is 6.79 Å². The first-order chi connectivity index (χ1) is 14.8. The quantitative estimate of drug-likeness (QED) is 0.131. The monoisotopic (exact) mass is 642 g/mol. The first-order valence-corrected chi connectivity index (χ1v) is 10.3.